The Hall–Kier alpha value is -1.40. The summed E-state index contributed by atoms with van der Waals surface area (Å²) in [6.07, 6.45) is 9.87. The highest BCUT2D eigenvalue weighted by Gasteiger charge is 2.04. The summed E-state index contributed by atoms with van der Waals surface area (Å²) >= 11 is 10.8. The van der Waals surface area contributed by atoms with Crippen LogP contribution in [0.4, 0.5) is 11.4 Å². The second-order valence-corrected chi connectivity index (χ2v) is 7.73. The highest BCUT2D eigenvalue weighted by Crippen LogP contribution is 2.19. The Morgan fingerprint density at radius 3 is 1.85 bits per heavy atom. The van der Waals surface area contributed by atoms with Crippen LogP contribution in [-0.4, -0.2) is 23.3 Å². The van der Waals surface area contributed by atoms with E-state index in [9.17, 15) is 0 Å². The van der Waals surface area contributed by atoms with Gasteiger partial charge in [-0.2, -0.15) is 0 Å². The van der Waals surface area contributed by atoms with Crippen molar-refractivity contribution in [2.75, 3.05) is 23.7 Å². The largest absolute Gasteiger partial charge is 0.362 e. The van der Waals surface area contributed by atoms with Gasteiger partial charge in [-0.05, 0) is 68.0 Å². The van der Waals surface area contributed by atoms with E-state index in [1.807, 2.05) is 12.1 Å². The predicted molar refractivity (Wildman–Crippen MR) is 128 cm³/mol. The molecule has 0 bridgehead atoms. The molecule has 0 unspecified atom stereocenters. The normalized spacial score (nSPS) is 10.3. The Kier molecular flexibility index (Phi) is 12.8. The summed E-state index contributed by atoms with van der Waals surface area (Å²) in [4.78, 5) is 0. The monoisotopic (exact) mass is 408 g/mol. The standard InChI is InChI=1S/C21H36N4S2/c1-4-6-8-10-14-22-20(26)24-18-12-13-19(17(3)16-18)25-21(27)23-15-11-9-7-5-2/h12-13,16H,4-11,14-15H2,1-3H3,(H2,22,24,26)(H2,23,25,27). The highest BCUT2D eigenvalue weighted by molar-refractivity contribution is 7.80. The summed E-state index contributed by atoms with van der Waals surface area (Å²) in [7, 11) is 0. The van der Waals surface area contributed by atoms with Gasteiger partial charge < -0.3 is 21.3 Å². The van der Waals surface area contributed by atoms with E-state index in [0.717, 1.165) is 42.9 Å². The average Bonchev–Trinajstić information content (AvgIpc) is 2.63. The third kappa shape index (κ3) is 11.1. The Balaban J connectivity index is 2.35. The van der Waals surface area contributed by atoms with Crippen LogP contribution in [0.25, 0.3) is 0 Å². The van der Waals surface area contributed by atoms with E-state index in [1.165, 1.54) is 38.5 Å². The molecule has 0 aliphatic heterocycles. The van der Waals surface area contributed by atoms with Gasteiger partial charge in [-0.1, -0.05) is 52.4 Å². The molecule has 1 rings (SSSR count). The minimum absolute atomic E-state index is 0.677. The fraction of sp³-hybridized carbons (Fsp3) is 0.619. The summed E-state index contributed by atoms with van der Waals surface area (Å²) in [6, 6.07) is 6.13. The Bertz CT molecular complexity index is 575. The Labute approximate surface area is 176 Å². The topological polar surface area (TPSA) is 48.1 Å². The average molecular weight is 409 g/mol. The quantitative estimate of drug-likeness (QED) is 0.262. The van der Waals surface area contributed by atoms with E-state index in [2.05, 4.69) is 48.1 Å². The molecule has 0 saturated carbocycles. The zero-order chi connectivity index (χ0) is 19.9. The molecule has 4 N–H and O–H groups in total. The van der Waals surface area contributed by atoms with Crippen molar-refractivity contribution in [1.29, 1.82) is 0 Å². The molecule has 0 amide bonds. The van der Waals surface area contributed by atoms with Gasteiger partial charge in [0.15, 0.2) is 10.2 Å². The van der Waals surface area contributed by atoms with Crippen molar-refractivity contribution in [3.8, 4) is 0 Å². The van der Waals surface area contributed by atoms with Gasteiger partial charge in [0, 0.05) is 24.5 Å². The first-order valence-corrected chi connectivity index (χ1v) is 11.1. The number of rotatable bonds is 12. The van der Waals surface area contributed by atoms with Crippen LogP contribution >= 0.6 is 24.4 Å². The third-order valence-electron chi connectivity index (χ3n) is 4.36. The van der Waals surface area contributed by atoms with Gasteiger partial charge in [0.05, 0.1) is 0 Å². The molecule has 0 aromatic heterocycles. The lowest BCUT2D eigenvalue weighted by Crippen LogP contribution is -2.30. The van der Waals surface area contributed by atoms with Gasteiger partial charge in [0.25, 0.3) is 0 Å². The van der Waals surface area contributed by atoms with Crippen LogP contribution < -0.4 is 21.3 Å². The van der Waals surface area contributed by atoms with Crippen molar-refractivity contribution in [3.05, 3.63) is 23.8 Å². The van der Waals surface area contributed by atoms with Gasteiger partial charge in [-0.25, -0.2) is 0 Å². The molecule has 1 aromatic carbocycles. The van der Waals surface area contributed by atoms with Crippen molar-refractivity contribution in [1.82, 2.24) is 10.6 Å². The van der Waals surface area contributed by atoms with Gasteiger partial charge in [-0.3, -0.25) is 0 Å². The van der Waals surface area contributed by atoms with E-state index in [-0.39, 0.29) is 0 Å². The Morgan fingerprint density at radius 2 is 1.33 bits per heavy atom. The fourth-order valence-electron chi connectivity index (χ4n) is 2.73. The summed E-state index contributed by atoms with van der Waals surface area (Å²) in [5.74, 6) is 0. The lowest BCUT2D eigenvalue weighted by atomic mass is 10.2. The molecule has 0 fully saturated rings. The van der Waals surface area contributed by atoms with E-state index >= 15 is 0 Å². The number of unbranched alkanes of at least 4 members (excludes halogenated alkanes) is 6. The number of aryl methyl sites for hydroxylation is 1. The molecule has 0 heterocycles. The summed E-state index contributed by atoms with van der Waals surface area (Å²) in [5.41, 5.74) is 3.13. The number of anilines is 2. The zero-order valence-electron chi connectivity index (χ0n) is 17.1. The van der Waals surface area contributed by atoms with Crippen molar-refractivity contribution in [2.45, 2.75) is 72.1 Å². The number of nitrogens with one attached hydrogen (secondary N) is 4. The van der Waals surface area contributed by atoms with Gasteiger partial charge in [0.1, 0.15) is 0 Å². The molecule has 4 nitrogen and oxygen atoms in total. The maximum Gasteiger partial charge on any atom is 0.170 e. The van der Waals surface area contributed by atoms with Crippen LogP contribution in [0.15, 0.2) is 18.2 Å². The Morgan fingerprint density at radius 1 is 0.778 bits per heavy atom. The summed E-state index contributed by atoms with van der Waals surface area (Å²) < 4.78 is 0. The maximum absolute atomic E-state index is 5.39. The molecule has 0 radical (unpaired) electrons. The SMILES string of the molecule is CCCCCCNC(=S)Nc1ccc(NC(=S)NCCCCCC)c(C)c1. The highest BCUT2D eigenvalue weighted by atomic mass is 32.1. The first-order chi connectivity index (χ1) is 13.1. The number of hydrogen-bond acceptors (Lipinski definition) is 2. The molecular weight excluding hydrogens is 372 g/mol. The van der Waals surface area contributed by atoms with E-state index in [4.69, 9.17) is 24.4 Å². The maximum atomic E-state index is 5.39. The van der Waals surface area contributed by atoms with Crippen molar-refractivity contribution >= 4 is 46.0 Å². The molecular formula is C21H36N4S2. The first kappa shape index (κ1) is 23.6. The van der Waals surface area contributed by atoms with Crippen LogP contribution in [0, 0.1) is 6.92 Å². The lowest BCUT2D eigenvalue weighted by molar-refractivity contribution is 0.655. The van der Waals surface area contributed by atoms with Gasteiger partial charge >= 0.3 is 0 Å². The van der Waals surface area contributed by atoms with Crippen molar-refractivity contribution < 1.29 is 0 Å². The molecule has 0 aliphatic rings. The fourth-order valence-corrected chi connectivity index (χ4v) is 3.16. The second-order valence-electron chi connectivity index (χ2n) is 6.91. The van der Waals surface area contributed by atoms with Crippen LogP contribution in [-0.2, 0) is 0 Å². The first-order valence-electron chi connectivity index (χ1n) is 10.3. The van der Waals surface area contributed by atoms with E-state index in [1.54, 1.807) is 0 Å². The number of hydrogen-bond donors (Lipinski definition) is 4. The predicted octanol–water partition coefficient (Wildman–Crippen LogP) is 5.73. The summed E-state index contributed by atoms with van der Waals surface area (Å²) in [5, 5.41) is 14.4. The molecule has 0 saturated heterocycles. The molecule has 27 heavy (non-hydrogen) atoms. The van der Waals surface area contributed by atoms with Gasteiger partial charge in [0.2, 0.25) is 0 Å². The zero-order valence-corrected chi connectivity index (χ0v) is 18.8. The molecule has 152 valence electrons. The molecule has 0 atom stereocenters. The van der Waals surface area contributed by atoms with Crippen LogP contribution in [0.1, 0.15) is 70.8 Å². The van der Waals surface area contributed by atoms with E-state index < -0.39 is 0 Å². The molecule has 0 aliphatic carbocycles. The number of benzene rings is 1. The molecule has 0 spiro atoms. The van der Waals surface area contributed by atoms with Crippen molar-refractivity contribution in [2.24, 2.45) is 0 Å². The minimum Gasteiger partial charge on any atom is -0.362 e. The lowest BCUT2D eigenvalue weighted by Gasteiger charge is -2.15. The van der Waals surface area contributed by atoms with E-state index in [0.29, 0.717) is 10.2 Å². The van der Waals surface area contributed by atoms with Gasteiger partial charge in [-0.15, -0.1) is 0 Å². The second kappa shape index (κ2) is 14.6. The molecule has 6 heteroatoms. The molecule has 1 aromatic rings. The number of thiocarbonyl (C=S) groups is 2. The van der Waals surface area contributed by atoms with Crippen LogP contribution in [0.2, 0.25) is 0 Å². The van der Waals surface area contributed by atoms with Crippen molar-refractivity contribution in [3.63, 3.8) is 0 Å². The smallest absolute Gasteiger partial charge is 0.170 e. The minimum atomic E-state index is 0.677. The summed E-state index contributed by atoms with van der Waals surface area (Å²) in [6.45, 7) is 8.35. The van der Waals surface area contributed by atoms with Crippen LogP contribution in [0.5, 0.6) is 0 Å². The van der Waals surface area contributed by atoms with Crippen LogP contribution in [0.3, 0.4) is 0 Å². The third-order valence-corrected chi connectivity index (χ3v) is 4.86.